The fourth-order valence-corrected chi connectivity index (χ4v) is 3.59. The largest absolute Gasteiger partial charge is 0.465 e. The Bertz CT molecular complexity index is 602. The minimum atomic E-state index is -3.79. The van der Waals surface area contributed by atoms with Crippen LogP contribution in [0.3, 0.4) is 0 Å². The fraction of sp³-hybridized carbons (Fsp3) is 0.462. The molecule has 1 aromatic carbocycles. The summed E-state index contributed by atoms with van der Waals surface area (Å²) in [4.78, 5) is 11.6. The van der Waals surface area contributed by atoms with E-state index >= 15 is 0 Å². The number of nitrogens with one attached hydrogen (secondary N) is 1. The molecule has 1 saturated carbocycles. The van der Waals surface area contributed by atoms with Gasteiger partial charge >= 0.3 is 5.97 Å². The van der Waals surface area contributed by atoms with E-state index in [4.69, 9.17) is 5.73 Å². The molecule has 1 aliphatic carbocycles. The van der Waals surface area contributed by atoms with Crippen molar-refractivity contribution in [2.75, 3.05) is 13.7 Å². The van der Waals surface area contributed by atoms with E-state index in [1.165, 1.54) is 19.2 Å². The predicted octanol–water partition coefficient (Wildman–Crippen LogP) is 0.911. The number of ether oxygens (including phenoxy) is 1. The van der Waals surface area contributed by atoms with Gasteiger partial charge in [-0.25, -0.2) is 17.9 Å². The lowest BCUT2D eigenvalue weighted by Crippen LogP contribution is -2.42. The molecule has 3 N–H and O–H groups in total. The average Bonchev–Trinajstić information content (AvgIpc) is 3.28. The number of nitrogens with two attached hydrogens (primary N) is 1. The molecule has 0 spiro atoms. The molecule has 0 aliphatic heterocycles. The van der Waals surface area contributed by atoms with Gasteiger partial charge in [0.2, 0.25) is 10.0 Å². The summed E-state index contributed by atoms with van der Waals surface area (Å²) in [6, 6.07) is 5.68. The number of carbonyl (C=O) groups excluding carboxylic acids is 1. The lowest BCUT2D eigenvalue weighted by molar-refractivity contribution is 0.0596. The maximum absolute atomic E-state index is 12.4. The number of carbonyl (C=O) groups is 1. The molecule has 1 unspecified atom stereocenters. The molecule has 0 bridgehead atoms. The number of methoxy groups -OCH3 is 1. The molecular weight excluding hydrogens is 316 g/mol. The molecule has 2 rings (SSSR count). The summed E-state index contributed by atoms with van der Waals surface area (Å²) >= 11 is 0. The number of sulfonamides is 1. The molecule has 0 aromatic heterocycles. The Labute approximate surface area is 130 Å². The van der Waals surface area contributed by atoms with Crippen molar-refractivity contribution in [3.63, 3.8) is 0 Å². The standard InChI is InChI=1S/C13H18N2O4S.ClH/c1-19-13(16)10-4-2-3-5-12(10)20(17,18)15-11(8-14)9-6-7-9;/h2-5,9,11,15H,6-8,14H2,1H3;1H. The van der Waals surface area contributed by atoms with Crippen molar-refractivity contribution >= 4 is 28.4 Å². The maximum atomic E-state index is 12.4. The number of esters is 1. The molecule has 1 aromatic rings. The molecule has 1 fully saturated rings. The van der Waals surface area contributed by atoms with Crippen molar-refractivity contribution in [1.82, 2.24) is 4.72 Å². The first kappa shape index (κ1) is 17.9. The summed E-state index contributed by atoms with van der Waals surface area (Å²) in [6.07, 6.45) is 1.95. The lowest BCUT2D eigenvalue weighted by Gasteiger charge is -2.17. The van der Waals surface area contributed by atoms with E-state index < -0.39 is 16.0 Å². The first-order valence-electron chi connectivity index (χ1n) is 6.39. The summed E-state index contributed by atoms with van der Waals surface area (Å²) in [5, 5.41) is 0. The third kappa shape index (κ3) is 4.16. The second-order valence-electron chi connectivity index (χ2n) is 4.79. The minimum absolute atomic E-state index is 0. The highest BCUT2D eigenvalue weighted by molar-refractivity contribution is 7.89. The van der Waals surface area contributed by atoms with Crippen LogP contribution in [0.25, 0.3) is 0 Å². The molecule has 0 amide bonds. The van der Waals surface area contributed by atoms with Crippen molar-refractivity contribution in [2.45, 2.75) is 23.8 Å². The Morgan fingerprint density at radius 1 is 1.43 bits per heavy atom. The lowest BCUT2D eigenvalue weighted by atomic mass is 10.2. The van der Waals surface area contributed by atoms with Crippen LogP contribution in [0.1, 0.15) is 23.2 Å². The number of hydrogen-bond acceptors (Lipinski definition) is 5. The van der Waals surface area contributed by atoms with Crippen LogP contribution in [0.15, 0.2) is 29.2 Å². The maximum Gasteiger partial charge on any atom is 0.339 e. The smallest absolute Gasteiger partial charge is 0.339 e. The molecule has 118 valence electrons. The van der Waals surface area contributed by atoms with E-state index in [0.717, 1.165) is 12.8 Å². The molecule has 1 aliphatic rings. The van der Waals surface area contributed by atoms with Gasteiger partial charge in [-0.3, -0.25) is 0 Å². The van der Waals surface area contributed by atoms with Gasteiger partial charge in [-0.15, -0.1) is 12.4 Å². The highest BCUT2D eigenvalue weighted by Crippen LogP contribution is 2.33. The topological polar surface area (TPSA) is 98.5 Å². The zero-order chi connectivity index (χ0) is 14.8. The van der Waals surface area contributed by atoms with E-state index in [1.54, 1.807) is 12.1 Å². The third-order valence-corrected chi connectivity index (χ3v) is 4.88. The molecule has 6 nitrogen and oxygen atoms in total. The van der Waals surface area contributed by atoms with Crippen molar-refractivity contribution in [3.8, 4) is 0 Å². The van der Waals surface area contributed by atoms with Gasteiger partial charge < -0.3 is 10.5 Å². The van der Waals surface area contributed by atoms with E-state index in [0.29, 0.717) is 5.92 Å². The van der Waals surface area contributed by atoms with Crippen LogP contribution in [-0.4, -0.2) is 34.1 Å². The second-order valence-corrected chi connectivity index (χ2v) is 6.47. The Kier molecular flexibility index (Phi) is 6.15. The Morgan fingerprint density at radius 2 is 2.05 bits per heavy atom. The molecule has 0 radical (unpaired) electrons. The van der Waals surface area contributed by atoms with Gasteiger partial charge in [0.05, 0.1) is 17.6 Å². The van der Waals surface area contributed by atoms with Crippen LogP contribution in [0.2, 0.25) is 0 Å². The molecule has 21 heavy (non-hydrogen) atoms. The van der Waals surface area contributed by atoms with Gasteiger partial charge in [-0.1, -0.05) is 12.1 Å². The number of hydrogen-bond donors (Lipinski definition) is 2. The van der Waals surface area contributed by atoms with Crippen LogP contribution in [0, 0.1) is 5.92 Å². The first-order chi connectivity index (χ1) is 9.49. The fourth-order valence-electron chi connectivity index (χ4n) is 2.08. The monoisotopic (exact) mass is 334 g/mol. The van der Waals surface area contributed by atoms with Gasteiger partial charge in [0.1, 0.15) is 0 Å². The molecule has 1 atom stereocenters. The van der Waals surface area contributed by atoms with Gasteiger partial charge in [0.15, 0.2) is 0 Å². The molecule has 0 saturated heterocycles. The van der Waals surface area contributed by atoms with E-state index in [1.807, 2.05) is 0 Å². The molecular formula is C13H19ClN2O4S. The second kappa shape index (κ2) is 7.22. The first-order valence-corrected chi connectivity index (χ1v) is 7.87. The van der Waals surface area contributed by atoms with Gasteiger partial charge in [0, 0.05) is 12.6 Å². The van der Waals surface area contributed by atoms with E-state index in [-0.39, 0.29) is 35.5 Å². The number of halogens is 1. The average molecular weight is 335 g/mol. The van der Waals surface area contributed by atoms with Gasteiger partial charge in [0.25, 0.3) is 0 Å². The van der Waals surface area contributed by atoms with Crippen LogP contribution in [0.4, 0.5) is 0 Å². The highest BCUT2D eigenvalue weighted by Gasteiger charge is 2.34. The zero-order valence-corrected chi connectivity index (χ0v) is 13.2. The van der Waals surface area contributed by atoms with Crippen molar-refractivity contribution < 1.29 is 17.9 Å². The van der Waals surface area contributed by atoms with E-state index in [9.17, 15) is 13.2 Å². The molecule has 8 heteroatoms. The minimum Gasteiger partial charge on any atom is -0.465 e. The Hall–Kier alpha value is -1.15. The van der Waals surface area contributed by atoms with Crippen LogP contribution >= 0.6 is 12.4 Å². The van der Waals surface area contributed by atoms with Crippen molar-refractivity contribution in [2.24, 2.45) is 11.7 Å². The summed E-state index contributed by atoms with van der Waals surface area (Å²) in [6.45, 7) is 0.240. The number of rotatable bonds is 6. The summed E-state index contributed by atoms with van der Waals surface area (Å²) in [5.74, 6) is -0.387. The van der Waals surface area contributed by atoms with Crippen LogP contribution in [0.5, 0.6) is 0 Å². The Balaban J connectivity index is 0.00000220. The van der Waals surface area contributed by atoms with Crippen molar-refractivity contribution in [1.29, 1.82) is 0 Å². The van der Waals surface area contributed by atoms with Gasteiger partial charge in [-0.05, 0) is 30.9 Å². The number of benzene rings is 1. The SMILES string of the molecule is COC(=O)c1ccccc1S(=O)(=O)NC(CN)C1CC1.Cl. The Morgan fingerprint density at radius 3 is 2.57 bits per heavy atom. The van der Waals surface area contributed by atoms with Gasteiger partial charge in [-0.2, -0.15) is 0 Å². The molecule has 0 heterocycles. The highest BCUT2D eigenvalue weighted by atomic mass is 35.5. The summed E-state index contributed by atoms with van der Waals surface area (Å²) in [7, 11) is -2.58. The zero-order valence-electron chi connectivity index (χ0n) is 11.6. The normalized spacial score (nSPS) is 15.9. The summed E-state index contributed by atoms with van der Waals surface area (Å²) < 4.78 is 32.0. The van der Waals surface area contributed by atoms with Crippen LogP contribution < -0.4 is 10.5 Å². The predicted molar refractivity (Wildman–Crippen MR) is 80.9 cm³/mol. The third-order valence-electron chi connectivity index (χ3n) is 3.33. The van der Waals surface area contributed by atoms with E-state index in [2.05, 4.69) is 9.46 Å². The van der Waals surface area contributed by atoms with Crippen molar-refractivity contribution in [3.05, 3.63) is 29.8 Å². The quantitative estimate of drug-likeness (QED) is 0.753. The van der Waals surface area contributed by atoms with Crippen LogP contribution in [-0.2, 0) is 14.8 Å². The summed E-state index contributed by atoms with van der Waals surface area (Å²) in [5.41, 5.74) is 5.63.